The Labute approximate surface area is 183 Å². The summed E-state index contributed by atoms with van der Waals surface area (Å²) in [5.41, 5.74) is -1.15. The number of benzene rings is 1. The van der Waals surface area contributed by atoms with Crippen LogP contribution in [0, 0.1) is 0 Å². The zero-order chi connectivity index (χ0) is 23.5. The minimum atomic E-state index is -4.70. The summed E-state index contributed by atoms with van der Waals surface area (Å²) in [6.07, 6.45) is -1.73. The maximum Gasteiger partial charge on any atom is 0.417 e. The van der Waals surface area contributed by atoms with Crippen LogP contribution in [0.25, 0.3) is 11.0 Å². The highest BCUT2D eigenvalue weighted by atomic mass is 19.4. The van der Waals surface area contributed by atoms with Crippen LogP contribution in [0.3, 0.4) is 0 Å². The molecule has 1 aromatic carbocycles. The minimum absolute atomic E-state index is 0.105. The molecule has 2 amide bonds. The fourth-order valence-electron chi connectivity index (χ4n) is 4.02. The number of carbonyl (C=O) groups is 2. The van der Waals surface area contributed by atoms with Gasteiger partial charge in [-0.1, -0.05) is 26.7 Å². The van der Waals surface area contributed by atoms with E-state index < -0.39 is 17.4 Å². The molecule has 32 heavy (non-hydrogen) atoms. The van der Waals surface area contributed by atoms with E-state index in [1.165, 1.54) is 11.0 Å². The maximum absolute atomic E-state index is 13.6. The molecule has 0 aliphatic carbocycles. The molecule has 0 radical (unpaired) electrons. The zero-order valence-electron chi connectivity index (χ0n) is 18.1. The first kappa shape index (κ1) is 23.8. The molecule has 1 saturated heterocycles. The first-order valence-electron chi connectivity index (χ1n) is 10.8. The van der Waals surface area contributed by atoms with Crippen molar-refractivity contribution in [1.82, 2.24) is 4.90 Å². The van der Waals surface area contributed by atoms with Gasteiger partial charge in [0.1, 0.15) is 11.3 Å². The van der Waals surface area contributed by atoms with Gasteiger partial charge in [0.05, 0.1) is 12.2 Å². The second-order valence-electron chi connectivity index (χ2n) is 7.84. The Kier molecular flexibility index (Phi) is 7.26. The van der Waals surface area contributed by atoms with Crippen molar-refractivity contribution in [3.05, 3.63) is 39.2 Å². The number of alkyl halides is 3. The normalized spacial score (nSPS) is 14.6. The number of carbonyl (C=O) groups excluding carboxylic acids is 2. The van der Waals surface area contributed by atoms with Crippen LogP contribution in [0.4, 0.5) is 13.2 Å². The molecule has 3 rings (SSSR count). The molecule has 0 atom stereocenters. The highest BCUT2D eigenvalue weighted by molar-refractivity contribution is 6.01. The molecule has 2 heterocycles. The van der Waals surface area contributed by atoms with Crippen molar-refractivity contribution < 1.29 is 31.9 Å². The lowest BCUT2D eigenvalue weighted by Crippen LogP contribution is -2.30. The Morgan fingerprint density at radius 3 is 2.28 bits per heavy atom. The van der Waals surface area contributed by atoms with Crippen molar-refractivity contribution >= 4 is 22.8 Å². The van der Waals surface area contributed by atoms with Gasteiger partial charge in [-0.25, -0.2) is 4.79 Å². The molecule has 0 spiro atoms. The Balaban J connectivity index is 1.99. The Morgan fingerprint density at radius 1 is 1.03 bits per heavy atom. The zero-order valence-corrected chi connectivity index (χ0v) is 18.1. The Bertz CT molecular complexity index is 1060. The number of fused-ring (bicyclic) bond motifs is 1. The first-order chi connectivity index (χ1) is 15.2. The standard InChI is InChI=1S/C23H26F3NO5/c1-3-6-14-12-16-17(23(24,25)26)13-20(30)32-22(16)15(7-4-2)21(14)31-11-5-10-27-18(28)8-9-19(27)29/h12-13H,3-11H2,1-2H3. The van der Waals surface area contributed by atoms with Crippen LogP contribution in [0.15, 0.2) is 21.3 Å². The summed E-state index contributed by atoms with van der Waals surface area (Å²) in [6, 6.07) is 1.88. The smallest absolute Gasteiger partial charge is 0.417 e. The number of imide groups is 1. The average molecular weight is 453 g/mol. The van der Waals surface area contributed by atoms with E-state index in [1.54, 1.807) is 0 Å². The van der Waals surface area contributed by atoms with Crippen molar-refractivity contribution in [2.45, 2.75) is 65.0 Å². The van der Waals surface area contributed by atoms with Crippen LogP contribution in [0.5, 0.6) is 5.75 Å². The SMILES string of the molecule is CCCc1cc2c(C(F)(F)F)cc(=O)oc2c(CCC)c1OCCCN1C(=O)CCC1=O. The summed E-state index contributed by atoms with van der Waals surface area (Å²) in [4.78, 5) is 36.6. The highest BCUT2D eigenvalue weighted by Crippen LogP contribution is 2.40. The van der Waals surface area contributed by atoms with E-state index in [0.29, 0.717) is 55.0 Å². The summed E-state index contributed by atoms with van der Waals surface area (Å²) in [5, 5.41) is -0.149. The summed E-state index contributed by atoms with van der Waals surface area (Å²) >= 11 is 0. The summed E-state index contributed by atoms with van der Waals surface area (Å²) in [6.45, 7) is 4.18. The third-order valence-electron chi connectivity index (χ3n) is 5.41. The number of hydrogen-bond donors (Lipinski definition) is 0. The molecule has 2 aromatic rings. The number of rotatable bonds is 9. The van der Waals surface area contributed by atoms with Gasteiger partial charge in [0.25, 0.3) is 0 Å². The summed E-state index contributed by atoms with van der Waals surface area (Å²) in [7, 11) is 0. The van der Waals surface area contributed by atoms with Gasteiger partial charge in [0.2, 0.25) is 11.8 Å². The van der Waals surface area contributed by atoms with Crippen molar-refractivity contribution in [3.8, 4) is 5.75 Å². The van der Waals surface area contributed by atoms with Crippen LogP contribution in [0.2, 0.25) is 0 Å². The number of hydrogen-bond acceptors (Lipinski definition) is 5. The average Bonchev–Trinajstić information content (AvgIpc) is 3.04. The second kappa shape index (κ2) is 9.75. The van der Waals surface area contributed by atoms with E-state index in [2.05, 4.69) is 0 Å². The van der Waals surface area contributed by atoms with Gasteiger partial charge in [0, 0.05) is 36.4 Å². The van der Waals surface area contributed by atoms with Gasteiger partial charge >= 0.3 is 11.8 Å². The van der Waals surface area contributed by atoms with Crippen LogP contribution in [-0.4, -0.2) is 29.9 Å². The van der Waals surface area contributed by atoms with Gasteiger partial charge in [-0.2, -0.15) is 13.2 Å². The molecule has 9 heteroatoms. The third-order valence-corrected chi connectivity index (χ3v) is 5.41. The number of amides is 2. The van der Waals surface area contributed by atoms with Crippen LogP contribution in [0.1, 0.15) is 62.6 Å². The molecule has 0 unspecified atom stereocenters. The van der Waals surface area contributed by atoms with E-state index in [9.17, 15) is 27.6 Å². The molecule has 0 bridgehead atoms. The lowest BCUT2D eigenvalue weighted by Gasteiger charge is -2.20. The molecular weight excluding hydrogens is 427 g/mol. The van der Waals surface area contributed by atoms with E-state index in [0.717, 1.165) is 0 Å². The van der Waals surface area contributed by atoms with Crippen molar-refractivity contribution in [2.24, 2.45) is 0 Å². The van der Waals surface area contributed by atoms with E-state index >= 15 is 0 Å². The number of likely N-dealkylation sites (tertiary alicyclic amines) is 1. The number of nitrogens with zero attached hydrogens (tertiary/aromatic N) is 1. The monoisotopic (exact) mass is 453 g/mol. The van der Waals surface area contributed by atoms with E-state index in [-0.39, 0.29) is 48.8 Å². The fraction of sp³-hybridized carbons (Fsp3) is 0.522. The number of ether oxygens (including phenoxy) is 1. The molecule has 0 saturated carbocycles. The molecule has 0 N–H and O–H groups in total. The topological polar surface area (TPSA) is 76.8 Å². The molecule has 1 aliphatic heterocycles. The quantitative estimate of drug-likeness (QED) is 0.314. The molecule has 174 valence electrons. The lowest BCUT2D eigenvalue weighted by molar-refractivity contribution is -0.139. The first-order valence-corrected chi connectivity index (χ1v) is 10.8. The highest BCUT2D eigenvalue weighted by Gasteiger charge is 2.35. The van der Waals surface area contributed by atoms with Crippen molar-refractivity contribution in [1.29, 1.82) is 0 Å². The predicted octanol–water partition coefficient (Wildman–Crippen LogP) is 4.63. The van der Waals surface area contributed by atoms with Gasteiger partial charge in [0.15, 0.2) is 0 Å². The Hall–Kier alpha value is -2.84. The molecule has 1 aromatic heterocycles. The van der Waals surface area contributed by atoms with Crippen LogP contribution in [-0.2, 0) is 28.6 Å². The lowest BCUT2D eigenvalue weighted by atomic mass is 9.96. The Morgan fingerprint density at radius 2 is 1.69 bits per heavy atom. The molecular formula is C23H26F3NO5. The molecule has 1 fully saturated rings. The van der Waals surface area contributed by atoms with Crippen LogP contribution < -0.4 is 10.4 Å². The van der Waals surface area contributed by atoms with Crippen LogP contribution >= 0.6 is 0 Å². The van der Waals surface area contributed by atoms with Gasteiger partial charge in [-0.3, -0.25) is 14.5 Å². The molecule has 1 aliphatic rings. The largest absolute Gasteiger partial charge is 0.493 e. The van der Waals surface area contributed by atoms with E-state index in [1.807, 2.05) is 13.8 Å². The minimum Gasteiger partial charge on any atom is -0.493 e. The number of aryl methyl sites for hydroxylation is 2. The summed E-state index contributed by atoms with van der Waals surface area (Å²) in [5.74, 6) is 0.00348. The van der Waals surface area contributed by atoms with Gasteiger partial charge < -0.3 is 9.15 Å². The van der Waals surface area contributed by atoms with Crippen molar-refractivity contribution in [3.63, 3.8) is 0 Å². The summed E-state index contributed by atoms with van der Waals surface area (Å²) < 4.78 is 52.1. The van der Waals surface area contributed by atoms with Gasteiger partial charge in [-0.15, -0.1) is 0 Å². The van der Waals surface area contributed by atoms with Gasteiger partial charge in [-0.05, 0) is 30.9 Å². The maximum atomic E-state index is 13.6. The second-order valence-corrected chi connectivity index (χ2v) is 7.84. The molecule has 6 nitrogen and oxygen atoms in total. The fourth-order valence-corrected chi connectivity index (χ4v) is 4.02. The predicted molar refractivity (Wildman–Crippen MR) is 112 cm³/mol. The third kappa shape index (κ3) is 4.97. The van der Waals surface area contributed by atoms with Crippen molar-refractivity contribution in [2.75, 3.05) is 13.2 Å². The number of halogens is 3. The van der Waals surface area contributed by atoms with E-state index in [4.69, 9.17) is 9.15 Å².